The number of aromatic nitrogens is 2. The van der Waals surface area contributed by atoms with Crippen molar-refractivity contribution in [3.8, 4) is 0 Å². The molecule has 1 aromatic carbocycles. The van der Waals surface area contributed by atoms with Crippen LogP contribution in [0.4, 0.5) is 0 Å². The normalized spacial score (nSPS) is 13.2. The molecule has 1 heterocycles. The van der Waals surface area contributed by atoms with Gasteiger partial charge < -0.3 is 4.98 Å². The monoisotopic (exact) mass is 250 g/mol. The summed E-state index contributed by atoms with van der Waals surface area (Å²) < 4.78 is 0. The van der Waals surface area contributed by atoms with E-state index >= 15 is 0 Å². The topological polar surface area (TPSA) is 45.8 Å². The van der Waals surface area contributed by atoms with E-state index in [-0.39, 0.29) is 5.78 Å². The first-order chi connectivity index (χ1) is 7.99. The van der Waals surface area contributed by atoms with Gasteiger partial charge in [-0.3, -0.25) is 4.79 Å². The first kappa shape index (κ1) is 12.1. The van der Waals surface area contributed by atoms with Crippen molar-refractivity contribution in [1.29, 1.82) is 0 Å². The average molecular weight is 251 g/mol. The number of benzene rings is 1. The second kappa shape index (κ2) is 4.49. The zero-order chi connectivity index (χ0) is 12.6. The van der Waals surface area contributed by atoms with Gasteiger partial charge in [0.15, 0.2) is 5.78 Å². The molecule has 0 bridgehead atoms. The van der Waals surface area contributed by atoms with Crippen molar-refractivity contribution in [3.05, 3.63) is 29.6 Å². The highest BCUT2D eigenvalue weighted by atomic mass is 35.5. The number of Topliss-reactive ketones (excluding diaryl/α,β-unsaturated/α-hetero) is 1. The van der Waals surface area contributed by atoms with Gasteiger partial charge in [-0.15, -0.1) is 11.6 Å². The molecule has 3 nitrogen and oxygen atoms in total. The van der Waals surface area contributed by atoms with Crippen molar-refractivity contribution in [2.75, 3.05) is 0 Å². The molecule has 0 aliphatic rings. The number of ketones is 1. The first-order valence-electron chi connectivity index (χ1n) is 5.67. The minimum absolute atomic E-state index is 0.0609. The van der Waals surface area contributed by atoms with E-state index in [2.05, 4.69) is 23.8 Å². The molecule has 1 aromatic heterocycles. The van der Waals surface area contributed by atoms with Gasteiger partial charge in [0.1, 0.15) is 5.82 Å². The third-order valence-electron chi connectivity index (χ3n) is 2.69. The molecule has 17 heavy (non-hydrogen) atoms. The van der Waals surface area contributed by atoms with E-state index in [1.54, 1.807) is 13.0 Å². The molecule has 0 fully saturated rings. The van der Waals surface area contributed by atoms with Crippen LogP contribution < -0.4 is 0 Å². The zero-order valence-corrected chi connectivity index (χ0v) is 10.9. The number of carbonyl (C=O) groups is 1. The van der Waals surface area contributed by atoms with Gasteiger partial charge in [0, 0.05) is 11.5 Å². The second-order valence-corrected chi connectivity index (χ2v) is 5.14. The Bertz CT molecular complexity index is 558. The number of aromatic amines is 1. The fourth-order valence-corrected chi connectivity index (χ4v) is 1.81. The molecule has 0 spiro atoms. The number of imidazole rings is 1. The number of hydrogen-bond donors (Lipinski definition) is 1. The van der Waals surface area contributed by atoms with Gasteiger partial charge in [0.05, 0.1) is 16.4 Å². The summed E-state index contributed by atoms with van der Waals surface area (Å²) in [6.07, 6.45) is 0. The molecular formula is C13H15ClN2O. The predicted octanol–water partition coefficient (Wildman–Crippen LogP) is 3.50. The summed E-state index contributed by atoms with van der Waals surface area (Å²) in [5, 5.41) is -0.500. The van der Waals surface area contributed by atoms with Gasteiger partial charge in [-0.1, -0.05) is 13.8 Å². The van der Waals surface area contributed by atoms with Crippen molar-refractivity contribution >= 4 is 28.4 Å². The summed E-state index contributed by atoms with van der Waals surface area (Å²) in [6.45, 7) is 5.83. The van der Waals surface area contributed by atoms with Gasteiger partial charge in [0.25, 0.3) is 0 Å². The summed E-state index contributed by atoms with van der Waals surface area (Å²) in [4.78, 5) is 19.4. The molecule has 0 amide bonds. The maximum Gasteiger partial charge on any atom is 0.180 e. The summed E-state index contributed by atoms with van der Waals surface area (Å²) >= 11 is 5.79. The highest BCUT2D eigenvalue weighted by Crippen LogP contribution is 2.19. The third-order valence-corrected chi connectivity index (χ3v) is 2.89. The maximum atomic E-state index is 11.8. The summed E-state index contributed by atoms with van der Waals surface area (Å²) in [7, 11) is 0. The number of alkyl halides is 1. The Morgan fingerprint density at radius 3 is 2.65 bits per heavy atom. The fraction of sp³-hybridized carbons (Fsp3) is 0.385. The van der Waals surface area contributed by atoms with Crippen LogP contribution in [0.3, 0.4) is 0 Å². The Balaban J connectivity index is 2.47. The molecule has 2 aromatic rings. The van der Waals surface area contributed by atoms with Crippen LogP contribution >= 0.6 is 11.6 Å². The Morgan fingerprint density at radius 1 is 1.35 bits per heavy atom. The maximum absolute atomic E-state index is 11.8. The smallest absolute Gasteiger partial charge is 0.180 e. The molecule has 90 valence electrons. The van der Waals surface area contributed by atoms with E-state index in [9.17, 15) is 4.79 Å². The lowest BCUT2D eigenvalue weighted by molar-refractivity contribution is 0.0992. The molecular weight excluding hydrogens is 236 g/mol. The first-order valence-corrected chi connectivity index (χ1v) is 6.10. The number of halogens is 1. The van der Waals surface area contributed by atoms with Crippen molar-refractivity contribution < 1.29 is 4.79 Å². The van der Waals surface area contributed by atoms with Crippen LogP contribution in [-0.2, 0) is 0 Å². The van der Waals surface area contributed by atoms with E-state index in [0.717, 1.165) is 16.9 Å². The number of carbonyl (C=O) groups excluding carboxylic acids is 1. The summed E-state index contributed by atoms with van der Waals surface area (Å²) in [5.41, 5.74) is 2.39. The minimum Gasteiger partial charge on any atom is -0.342 e. The van der Waals surface area contributed by atoms with Crippen LogP contribution in [0.15, 0.2) is 18.2 Å². The summed E-state index contributed by atoms with van der Waals surface area (Å²) in [6, 6.07) is 5.44. The van der Waals surface area contributed by atoms with Crippen molar-refractivity contribution in [1.82, 2.24) is 9.97 Å². The molecule has 1 unspecified atom stereocenters. The van der Waals surface area contributed by atoms with Gasteiger partial charge >= 0.3 is 0 Å². The van der Waals surface area contributed by atoms with E-state index in [0.29, 0.717) is 11.5 Å². The van der Waals surface area contributed by atoms with Crippen molar-refractivity contribution in [3.63, 3.8) is 0 Å². The molecule has 2 rings (SSSR count). The molecule has 0 saturated heterocycles. The van der Waals surface area contributed by atoms with Crippen LogP contribution in [0.5, 0.6) is 0 Å². The molecule has 1 N–H and O–H groups in total. The quantitative estimate of drug-likeness (QED) is 0.669. The Labute approximate surface area is 105 Å². The number of H-pyrrole nitrogens is 1. The Morgan fingerprint density at radius 2 is 2.06 bits per heavy atom. The highest BCUT2D eigenvalue weighted by molar-refractivity contribution is 6.33. The third kappa shape index (κ3) is 2.34. The number of rotatable bonds is 3. The van der Waals surface area contributed by atoms with Crippen LogP contribution in [0.2, 0.25) is 0 Å². The zero-order valence-electron chi connectivity index (χ0n) is 10.1. The lowest BCUT2D eigenvalue weighted by Gasteiger charge is -2.01. The SMILES string of the molecule is CC(Cl)C(=O)c1ccc2nc(C(C)C)[nH]c2c1. The van der Waals surface area contributed by atoms with E-state index < -0.39 is 5.38 Å². The number of nitrogens with zero attached hydrogens (tertiary/aromatic N) is 1. The molecule has 1 atom stereocenters. The van der Waals surface area contributed by atoms with Gasteiger partial charge in [-0.2, -0.15) is 0 Å². The standard InChI is InChI=1S/C13H15ClN2O/c1-7(2)13-15-10-5-4-9(6-11(10)16-13)12(17)8(3)14/h4-8H,1-3H3,(H,15,16). The number of hydrogen-bond acceptors (Lipinski definition) is 2. The summed E-state index contributed by atoms with van der Waals surface area (Å²) in [5.74, 6) is 1.21. The lowest BCUT2D eigenvalue weighted by Crippen LogP contribution is -2.10. The highest BCUT2D eigenvalue weighted by Gasteiger charge is 2.14. The number of fused-ring (bicyclic) bond motifs is 1. The van der Waals surface area contributed by atoms with Crippen LogP contribution in [0, 0.1) is 0 Å². The Hall–Kier alpha value is -1.35. The van der Waals surface area contributed by atoms with Crippen molar-refractivity contribution in [2.45, 2.75) is 32.1 Å². The lowest BCUT2D eigenvalue weighted by atomic mass is 10.1. The fourth-order valence-electron chi connectivity index (χ4n) is 1.69. The van der Waals surface area contributed by atoms with Crippen molar-refractivity contribution in [2.24, 2.45) is 0 Å². The van der Waals surface area contributed by atoms with Crippen LogP contribution in [0.25, 0.3) is 11.0 Å². The largest absolute Gasteiger partial charge is 0.342 e. The Kier molecular flexibility index (Phi) is 3.20. The molecule has 0 aliphatic heterocycles. The number of nitrogens with one attached hydrogen (secondary N) is 1. The molecule has 4 heteroatoms. The second-order valence-electron chi connectivity index (χ2n) is 4.49. The van der Waals surface area contributed by atoms with E-state index in [1.807, 2.05) is 12.1 Å². The van der Waals surface area contributed by atoms with Crippen LogP contribution in [0.1, 0.15) is 42.9 Å². The molecule has 0 saturated carbocycles. The predicted molar refractivity (Wildman–Crippen MR) is 69.8 cm³/mol. The van der Waals surface area contributed by atoms with E-state index in [4.69, 9.17) is 11.6 Å². The minimum atomic E-state index is -0.500. The molecule has 0 radical (unpaired) electrons. The average Bonchev–Trinajstić information content (AvgIpc) is 2.70. The van der Waals surface area contributed by atoms with Gasteiger partial charge in [-0.05, 0) is 25.1 Å². The van der Waals surface area contributed by atoms with Gasteiger partial charge in [-0.25, -0.2) is 4.98 Å². The van der Waals surface area contributed by atoms with Crippen LogP contribution in [-0.4, -0.2) is 21.1 Å². The van der Waals surface area contributed by atoms with Gasteiger partial charge in [0.2, 0.25) is 0 Å². The molecule has 0 aliphatic carbocycles. The van der Waals surface area contributed by atoms with E-state index in [1.165, 1.54) is 0 Å².